The van der Waals surface area contributed by atoms with Crippen LogP contribution >= 0.6 is 19.6 Å². The summed E-state index contributed by atoms with van der Waals surface area (Å²) in [6, 6.07) is 13.5. The number of hydrogen-bond donors (Lipinski definition) is 1. The lowest BCUT2D eigenvalue weighted by molar-refractivity contribution is 0.0107. The van der Waals surface area contributed by atoms with Crippen LogP contribution in [0, 0.1) is 16.7 Å². The van der Waals surface area contributed by atoms with Crippen molar-refractivity contribution in [1.82, 2.24) is 0 Å². The SMILES string of the molecule is COc1cccc2c1Sc1ccccc1C=C2OP(=O)(O)O[C@@H]1C[C@H]2CC[C@]1(C)C2(C)C. The van der Waals surface area contributed by atoms with Gasteiger partial charge in [0.15, 0.2) is 0 Å². The van der Waals surface area contributed by atoms with Crippen LogP contribution in [0.15, 0.2) is 52.3 Å². The Bertz CT molecular complexity index is 1140. The molecule has 2 aromatic carbocycles. The predicted octanol–water partition coefficient (Wildman–Crippen LogP) is 7.01. The Hall–Kier alpha value is -1.72. The second-order valence-corrected chi connectivity index (χ2v) is 12.1. The van der Waals surface area contributed by atoms with E-state index >= 15 is 0 Å². The highest BCUT2D eigenvalue weighted by Crippen LogP contribution is 2.69. The van der Waals surface area contributed by atoms with Crippen molar-refractivity contribution in [2.45, 2.75) is 55.9 Å². The lowest BCUT2D eigenvalue weighted by Gasteiger charge is -2.39. The highest BCUT2D eigenvalue weighted by molar-refractivity contribution is 7.99. The molecule has 1 heterocycles. The zero-order chi connectivity index (χ0) is 22.7. The fourth-order valence-corrected chi connectivity index (χ4v) is 7.89. The maximum absolute atomic E-state index is 13.3. The van der Waals surface area contributed by atoms with Gasteiger partial charge in [0, 0.05) is 10.5 Å². The number of benzene rings is 2. The van der Waals surface area contributed by atoms with E-state index in [9.17, 15) is 9.46 Å². The molecule has 32 heavy (non-hydrogen) atoms. The van der Waals surface area contributed by atoms with Crippen molar-refractivity contribution in [2.24, 2.45) is 16.7 Å². The van der Waals surface area contributed by atoms with E-state index in [1.807, 2.05) is 48.5 Å². The number of methoxy groups -OCH3 is 1. The molecule has 7 heteroatoms. The van der Waals surface area contributed by atoms with Gasteiger partial charge in [-0.25, -0.2) is 4.57 Å². The van der Waals surface area contributed by atoms with Gasteiger partial charge in [-0.3, -0.25) is 9.42 Å². The first-order valence-corrected chi connectivity index (χ1v) is 13.3. The highest BCUT2D eigenvalue weighted by atomic mass is 32.2. The van der Waals surface area contributed by atoms with Gasteiger partial charge in [0.2, 0.25) is 0 Å². The van der Waals surface area contributed by atoms with Gasteiger partial charge >= 0.3 is 7.82 Å². The van der Waals surface area contributed by atoms with E-state index in [2.05, 4.69) is 20.8 Å². The van der Waals surface area contributed by atoms with Crippen molar-refractivity contribution >= 4 is 31.4 Å². The van der Waals surface area contributed by atoms with Gasteiger partial charge in [-0.15, -0.1) is 0 Å². The molecule has 5 rings (SSSR count). The van der Waals surface area contributed by atoms with Crippen molar-refractivity contribution < 1.29 is 23.2 Å². The van der Waals surface area contributed by atoms with E-state index in [1.54, 1.807) is 18.9 Å². The molecular weight excluding hydrogens is 443 g/mol. The third-order valence-corrected chi connectivity index (χ3v) is 10.2. The Kier molecular flexibility index (Phi) is 5.29. The van der Waals surface area contributed by atoms with Crippen molar-refractivity contribution in [3.63, 3.8) is 0 Å². The first-order chi connectivity index (χ1) is 15.1. The van der Waals surface area contributed by atoms with Crippen molar-refractivity contribution in [3.05, 3.63) is 53.6 Å². The molecule has 5 nitrogen and oxygen atoms in total. The zero-order valence-corrected chi connectivity index (χ0v) is 20.5. The van der Waals surface area contributed by atoms with Crippen LogP contribution in [0.5, 0.6) is 5.75 Å². The molecule has 170 valence electrons. The summed E-state index contributed by atoms with van der Waals surface area (Å²) in [5, 5.41) is 0. The van der Waals surface area contributed by atoms with Gasteiger partial charge in [0.05, 0.1) is 18.1 Å². The van der Waals surface area contributed by atoms with Crippen LogP contribution < -0.4 is 4.74 Å². The molecule has 1 aliphatic heterocycles. The summed E-state index contributed by atoms with van der Waals surface area (Å²) in [4.78, 5) is 12.7. The largest absolute Gasteiger partial charge is 0.527 e. The Morgan fingerprint density at radius 1 is 1.12 bits per heavy atom. The fraction of sp³-hybridized carbons (Fsp3) is 0.440. The van der Waals surface area contributed by atoms with Gasteiger partial charge in [-0.05, 0) is 65.8 Å². The average molecular weight is 473 g/mol. The number of ether oxygens (including phenoxy) is 1. The highest BCUT2D eigenvalue weighted by Gasteiger charge is 2.63. The van der Waals surface area contributed by atoms with Gasteiger partial charge in [0.25, 0.3) is 0 Å². The van der Waals surface area contributed by atoms with Crippen LogP contribution in [-0.4, -0.2) is 18.1 Å². The summed E-state index contributed by atoms with van der Waals surface area (Å²) >= 11 is 1.56. The van der Waals surface area contributed by atoms with Crippen molar-refractivity contribution in [2.75, 3.05) is 7.11 Å². The summed E-state index contributed by atoms with van der Waals surface area (Å²) < 4.78 is 30.6. The van der Waals surface area contributed by atoms with E-state index in [1.165, 1.54) is 0 Å². The Morgan fingerprint density at radius 2 is 1.91 bits per heavy atom. The number of phosphoric ester groups is 1. The summed E-state index contributed by atoms with van der Waals surface area (Å²) in [6.45, 7) is 6.69. The number of phosphoric acid groups is 1. The minimum Gasteiger partial charge on any atom is -0.496 e. The lowest BCUT2D eigenvalue weighted by atomic mass is 9.70. The molecule has 2 bridgehead atoms. The maximum Gasteiger partial charge on any atom is 0.527 e. The van der Waals surface area contributed by atoms with E-state index in [0.29, 0.717) is 23.0 Å². The Labute approximate surface area is 193 Å². The second-order valence-electron chi connectivity index (χ2n) is 9.75. The summed E-state index contributed by atoms with van der Waals surface area (Å²) in [5.74, 6) is 1.51. The molecule has 2 aromatic rings. The normalized spacial score (nSPS) is 29.3. The van der Waals surface area contributed by atoms with Crippen LogP contribution in [-0.2, 0) is 13.6 Å². The molecule has 4 atom stereocenters. The number of fused-ring (bicyclic) bond motifs is 4. The quantitative estimate of drug-likeness (QED) is 0.473. The third kappa shape index (κ3) is 3.43. The Morgan fingerprint density at radius 3 is 2.59 bits per heavy atom. The first-order valence-electron chi connectivity index (χ1n) is 11.0. The molecule has 0 radical (unpaired) electrons. The van der Waals surface area contributed by atoms with Gasteiger partial charge in [-0.1, -0.05) is 56.8 Å². The molecule has 2 fully saturated rings. The molecule has 0 saturated heterocycles. The zero-order valence-electron chi connectivity index (χ0n) is 18.8. The van der Waals surface area contributed by atoms with Gasteiger partial charge in [-0.2, -0.15) is 0 Å². The van der Waals surface area contributed by atoms with Crippen LogP contribution in [0.1, 0.15) is 51.2 Å². The molecule has 1 N–H and O–H groups in total. The molecule has 0 spiro atoms. The topological polar surface area (TPSA) is 65.0 Å². The van der Waals surface area contributed by atoms with Crippen LogP contribution in [0.3, 0.4) is 0 Å². The molecule has 1 unspecified atom stereocenters. The van der Waals surface area contributed by atoms with Gasteiger partial charge in [0.1, 0.15) is 11.5 Å². The second kappa shape index (κ2) is 7.66. The summed E-state index contributed by atoms with van der Waals surface area (Å²) in [6.07, 6.45) is 4.45. The predicted molar refractivity (Wildman–Crippen MR) is 126 cm³/mol. The molecule has 2 aliphatic carbocycles. The van der Waals surface area contributed by atoms with E-state index < -0.39 is 7.82 Å². The van der Waals surface area contributed by atoms with Crippen LogP contribution in [0.2, 0.25) is 0 Å². The summed E-state index contributed by atoms with van der Waals surface area (Å²) in [5.41, 5.74) is 1.57. The van der Waals surface area contributed by atoms with Crippen molar-refractivity contribution in [1.29, 1.82) is 0 Å². The molecule has 3 aliphatic rings. The fourth-order valence-electron chi connectivity index (χ4n) is 5.67. The molecule has 2 saturated carbocycles. The summed E-state index contributed by atoms with van der Waals surface area (Å²) in [7, 11) is -2.75. The average Bonchev–Trinajstić information content (AvgIpc) is 2.99. The first kappa shape index (κ1) is 22.1. The minimum absolute atomic E-state index is 0.0782. The lowest BCUT2D eigenvalue weighted by Crippen LogP contribution is -2.36. The van der Waals surface area contributed by atoms with Crippen LogP contribution in [0.4, 0.5) is 0 Å². The number of hydrogen-bond acceptors (Lipinski definition) is 5. The van der Waals surface area contributed by atoms with Crippen molar-refractivity contribution in [3.8, 4) is 5.75 Å². The van der Waals surface area contributed by atoms with Gasteiger partial charge < -0.3 is 9.26 Å². The van der Waals surface area contributed by atoms with E-state index in [-0.39, 0.29) is 16.9 Å². The standard InChI is InChI=1S/C25H29O5PS/c1-24(2)17-12-13-25(24,3)22(15-17)30-31(26,27)29-20-14-16-8-5-6-11-21(16)32-23-18(20)9-7-10-19(23)28-4/h5-11,14,17,22H,12-13,15H2,1-4H3,(H,26,27)/t17-,22-,25+/m1/s1. The third-order valence-electron chi connectivity index (χ3n) is 8.07. The molecular formula is C25H29O5PS. The molecule has 0 amide bonds. The smallest absolute Gasteiger partial charge is 0.496 e. The van der Waals surface area contributed by atoms with E-state index in [4.69, 9.17) is 13.8 Å². The minimum atomic E-state index is -4.37. The monoisotopic (exact) mass is 472 g/mol. The Balaban J connectivity index is 1.49. The maximum atomic E-state index is 13.3. The van der Waals surface area contributed by atoms with E-state index in [0.717, 1.165) is 34.6 Å². The van der Waals surface area contributed by atoms with Crippen LogP contribution in [0.25, 0.3) is 11.8 Å². The molecule has 0 aromatic heterocycles. The number of rotatable bonds is 5.